The van der Waals surface area contributed by atoms with Gasteiger partial charge in [0.1, 0.15) is 0 Å². The summed E-state index contributed by atoms with van der Waals surface area (Å²) in [5, 5.41) is 0. The van der Waals surface area contributed by atoms with Crippen LogP contribution < -0.4 is 0 Å². The summed E-state index contributed by atoms with van der Waals surface area (Å²) >= 11 is 0. The topological polar surface area (TPSA) is 20.3 Å². The monoisotopic (exact) mass is 161 g/mol. The molecule has 0 rings (SSSR count). The first kappa shape index (κ1) is 16.8. The van der Waals surface area contributed by atoms with Crippen molar-refractivity contribution in [2.75, 3.05) is 13.6 Å². The van der Waals surface area contributed by atoms with E-state index in [1.54, 1.807) is 18.9 Å². The molecule has 0 aliphatic heterocycles. The molecular weight excluding hydrogens is 138 g/mol. The Kier molecular flexibility index (Phi) is 24.8. The van der Waals surface area contributed by atoms with Crippen LogP contribution in [-0.2, 0) is 4.79 Å². The van der Waals surface area contributed by atoms with E-state index in [-0.39, 0.29) is 5.91 Å². The Morgan fingerprint density at radius 1 is 1.18 bits per heavy atom. The summed E-state index contributed by atoms with van der Waals surface area (Å²) in [4.78, 5) is 12.0. The number of hydrogen-bond donors (Lipinski definition) is 0. The van der Waals surface area contributed by atoms with Gasteiger partial charge in [0.25, 0.3) is 0 Å². The van der Waals surface area contributed by atoms with E-state index in [1.165, 1.54) is 0 Å². The molecule has 0 aromatic heterocycles. The van der Waals surface area contributed by atoms with E-state index in [2.05, 4.69) is 0 Å². The average molecular weight is 161 g/mol. The molecule has 0 N–H and O–H groups in total. The zero-order chi connectivity index (χ0) is 9.86. The first-order chi connectivity index (χ1) is 5.18. The Bertz CT molecular complexity index is 72.0. The zero-order valence-electron chi connectivity index (χ0n) is 9.06. The second-order valence-electron chi connectivity index (χ2n) is 1.53. The van der Waals surface area contributed by atoms with Crippen molar-refractivity contribution in [3.63, 3.8) is 0 Å². The SMILES string of the molecule is CC.CC.CCN(C)C(C)=O. The number of hydrogen-bond acceptors (Lipinski definition) is 1. The molecule has 0 aromatic rings. The van der Waals surface area contributed by atoms with Crippen LogP contribution in [0.3, 0.4) is 0 Å². The van der Waals surface area contributed by atoms with Gasteiger partial charge in [-0.15, -0.1) is 0 Å². The maximum Gasteiger partial charge on any atom is 0.219 e. The molecule has 0 saturated heterocycles. The second-order valence-corrected chi connectivity index (χ2v) is 1.53. The maximum atomic E-state index is 10.3. The number of amides is 1. The highest BCUT2D eigenvalue weighted by atomic mass is 16.2. The van der Waals surface area contributed by atoms with Gasteiger partial charge in [0.15, 0.2) is 0 Å². The number of carbonyl (C=O) groups excluding carboxylic acids is 1. The lowest BCUT2D eigenvalue weighted by Gasteiger charge is -2.09. The molecule has 0 atom stereocenters. The first-order valence-corrected chi connectivity index (χ1v) is 4.40. The van der Waals surface area contributed by atoms with Crippen LogP contribution in [0.15, 0.2) is 0 Å². The summed E-state index contributed by atoms with van der Waals surface area (Å²) in [6.45, 7) is 12.3. The van der Waals surface area contributed by atoms with Crippen LogP contribution in [-0.4, -0.2) is 24.4 Å². The highest BCUT2D eigenvalue weighted by molar-refractivity contribution is 5.72. The van der Waals surface area contributed by atoms with Crippen molar-refractivity contribution in [2.45, 2.75) is 41.5 Å². The smallest absolute Gasteiger partial charge is 0.219 e. The van der Waals surface area contributed by atoms with Crippen molar-refractivity contribution >= 4 is 5.91 Å². The summed E-state index contributed by atoms with van der Waals surface area (Å²) in [5.74, 6) is 0.127. The second kappa shape index (κ2) is 16.2. The van der Waals surface area contributed by atoms with E-state index in [0.717, 1.165) is 6.54 Å². The summed E-state index contributed by atoms with van der Waals surface area (Å²) in [6.07, 6.45) is 0. The first-order valence-electron chi connectivity index (χ1n) is 4.40. The maximum absolute atomic E-state index is 10.3. The quantitative estimate of drug-likeness (QED) is 0.578. The third-order valence-electron chi connectivity index (χ3n) is 1.01. The van der Waals surface area contributed by atoms with Gasteiger partial charge in [-0.05, 0) is 6.92 Å². The normalized spacial score (nSPS) is 6.45. The van der Waals surface area contributed by atoms with Gasteiger partial charge in [-0.2, -0.15) is 0 Å². The average Bonchev–Trinajstić information content (AvgIpc) is 2.10. The fourth-order valence-electron chi connectivity index (χ4n) is 0.223. The lowest BCUT2D eigenvalue weighted by Crippen LogP contribution is -2.22. The molecule has 0 bridgehead atoms. The largest absolute Gasteiger partial charge is 0.346 e. The van der Waals surface area contributed by atoms with E-state index in [1.807, 2.05) is 34.6 Å². The Morgan fingerprint density at radius 2 is 1.45 bits per heavy atom. The van der Waals surface area contributed by atoms with Gasteiger partial charge in [0.05, 0.1) is 0 Å². The Hall–Kier alpha value is -0.530. The van der Waals surface area contributed by atoms with Gasteiger partial charge in [0.2, 0.25) is 5.91 Å². The standard InChI is InChI=1S/C5H11NO.2C2H6/c1-4-6(3)5(2)7;2*1-2/h4H2,1-3H3;2*1-2H3. The van der Waals surface area contributed by atoms with Crippen molar-refractivity contribution in [2.24, 2.45) is 0 Å². The number of nitrogens with zero attached hydrogens (tertiary/aromatic N) is 1. The molecule has 0 fully saturated rings. The predicted molar refractivity (Wildman–Crippen MR) is 51.7 cm³/mol. The molecule has 0 spiro atoms. The van der Waals surface area contributed by atoms with Gasteiger partial charge in [-0.3, -0.25) is 4.79 Å². The lowest BCUT2D eigenvalue weighted by molar-refractivity contribution is -0.127. The molecule has 11 heavy (non-hydrogen) atoms. The van der Waals surface area contributed by atoms with Crippen molar-refractivity contribution in [1.82, 2.24) is 4.90 Å². The van der Waals surface area contributed by atoms with E-state index in [0.29, 0.717) is 0 Å². The number of carbonyl (C=O) groups is 1. The van der Waals surface area contributed by atoms with Crippen LogP contribution in [0.4, 0.5) is 0 Å². The number of rotatable bonds is 1. The van der Waals surface area contributed by atoms with Crippen LogP contribution in [0.2, 0.25) is 0 Å². The summed E-state index contributed by atoms with van der Waals surface area (Å²) in [6, 6.07) is 0. The molecule has 0 aromatic carbocycles. The molecule has 0 radical (unpaired) electrons. The summed E-state index contributed by atoms with van der Waals surface area (Å²) in [7, 11) is 1.78. The molecule has 0 aliphatic carbocycles. The molecule has 1 amide bonds. The van der Waals surface area contributed by atoms with Gasteiger partial charge >= 0.3 is 0 Å². The molecule has 0 saturated carbocycles. The van der Waals surface area contributed by atoms with E-state index in [9.17, 15) is 4.79 Å². The van der Waals surface area contributed by atoms with Crippen LogP contribution in [0.25, 0.3) is 0 Å². The van der Waals surface area contributed by atoms with E-state index < -0.39 is 0 Å². The van der Waals surface area contributed by atoms with Crippen LogP contribution in [0.5, 0.6) is 0 Å². The van der Waals surface area contributed by atoms with Gasteiger partial charge in [0, 0.05) is 20.5 Å². The van der Waals surface area contributed by atoms with Gasteiger partial charge in [-0.25, -0.2) is 0 Å². The van der Waals surface area contributed by atoms with Crippen molar-refractivity contribution in [3.8, 4) is 0 Å². The van der Waals surface area contributed by atoms with E-state index in [4.69, 9.17) is 0 Å². The van der Waals surface area contributed by atoms with Gasteiger partial charge < -0.3 is 4.90 Å². The Morgan fingerprint density at radius 3 is 1.45 bits per heavy atom. The molecular formula is C9H23NO. The molecule has 0 heterocycles. The highest BCUT2D eigenvalue weighted by Gasteiger charge is 1.93. The fraction of sp³-hybridized carbons (Fsp3) is 0.889. The molecule has 0 aliphatic rings. The van der Waals surface area contributed by atoms with Crippen LogP contribution >= 0.6 is 0 Å². The predicted octanol–water partition coefficient (Wildman–Crippen LogP) is 2.54. The lowest BCUT2D eigenvalue weighted by atomic mass is 10.6. The minimum absolute atomic E-state index is 0.127. The van der Waals surface area contributed by atoms with Crippen LogP contribution in [0, 0.1) is 0 Å². The third-order valence-corrected chi connectivity index (χ3v) is 1.01. The summed E-state index contributed by atoms with van der Waals surface area (Å²) in [5.41, 5.74) is 0. The van der Waals surface area contributed by atoms with Gasteiger partial charge in [-0.1, -0.05) is 27.7 Å². The van der Waals surface area contributed by atoms with Crippen molar-refractivity contribution in [1.29, 1.82) is 0 Å². The third kappa shape index (κ3) is 17.7. The minimum Gasteiger partial charge on any atom is -0.346 e. The summed E-state index contributed by atoms with van der Waals surface area (Å²) < 4.78 is 0. The minimum atomic E-state index is 0.127. The van der Waals surface area contributed by atoms with Crippen molar-refractivity contribution in [3.05, 3.63) is 0 Å². The van der Waals surface area contributed by atoms with Crippen molar-refractivity contribution < 1.29 is 4.79 Å². The molecule has 2 heteroatoms. The Balaban J connectivity index is -0.000000138. The van der Waals surface area contributed by atoms with E-state index >= 15 is 0 Å². The molecule has 2 nitrogen and oxygen atoms in total. The zero-order valence-corrected chi connectivity index (χ0v) is 9.06. The molecule has 0 unspecified atom stereocenters. The Labute approximate surface area is 71.6 Å². The molecule has 70 valence electrons. The fourth-order valence-corrected chi connectivity index (χ4v) is 0.223. The van der Waals surface area contributed by atoms with Crippen LogP contribution in [0.1, 0.15) is 41.5 Å². The highest BCUT2D eigenvalue weighted by Crippen LogP contribution is 1.78.